The molecule has 5 heteroatoms. The van der Waals surface area contributed by atoms with Gasteiger partial charge in [-0.05, 0) is 42.3 Å². The fourth-order valence-electron chi connectivity index (χ4n) is 1.81. The molecule has 1 N–H and O–H groups in total. The highest BCUT2D eigenvalue weighted by Crippen LogP contribution is 2.25. The van der Waals surface area contributed by atoms with E-state index in [1.807, 2.05) is 18.2 Å². The Morgan fingerprint density at radius 3 is 2.57 bits per heavy atom. The smallest absolute Gasteiger partial charge is 0.224 e. The molecule has 106 valence electrons. The standard InChI is InChI=1S/C16H12BrClN2O/c17-13-6-7-15(14(18)9-13)20-16(21)8-5-11-1-3-12(10-19)4-2-11/h1-4,6-7,9H,5,8H2,(H,20,21). The summed E-state index contributed by atoms with van der Waals surface area (Å²) in [5.74, 6) is -0.0939. The Bertz CT molecular complexity index is 692. The van der Waals surface area contributed by atoms with Crippen molar-refractivity contribution in [1.82, 2.24) is 0 Å². The fourth-order valence-corrected chi connectivity index (χ4v) is 2.53. The van der Waals surface area contributed by atoms with E-state index < -0.39 is 0 Å². The van der Waals surface area contributed by atoms with Crippen molar-refractivity contribution in [3.05, 3.63) is 63.1 Å². The molecule has 0 heterocycles. The van der Waals surface area contributed by atoms with Gasteiger partial charge in [-0.15, -0.1) is 0 Å². The number of nitrogens with one attached hydrogen (secondary N) is 1. The number of amides is 1. The van der Waals surface area contributed by atoms with Gasteiger partial charge < -0.3 is 5.32 Å². The summed E-state index contributed by atoms with van der Waals surface area (Å²) in [6.45, 7) is 0. The molecule has 0 aliphatic rings. The minimum absolute atomic E-state index is 0.0939. The Kier molecular flexibility index (Phi) is 5.38. The van der Waals surface area contributed by atoms with Crippen LogP contribution < -0.4 is 5.32 Å². The van der Waals surface area contributed by atoms with E-state index in [0.717, 1.165) is 10.0 Å². The first-order valence-electron chi connectivity index (χ1n) is 6.32. The zero-order valence-electron chi connectivity index (χ0n) is 11.1. The number of aryl methyl sites for hydroxylation is 1. The van der Waals surface area contributed by atoms with Gasteiger partial charge in [0.1, 0.15) is 0 Å². The second kappa shape index (κ2) is 7.26. The molecule has 0 aliphatic heterocycles. The van der Waals surface area contributed by atoms with Gasteiger partial charge in [-0.1, -0.05) is 39.7 Å². The lowest BCUT2D eigenvalue weighted by Gasteiger charge is -2.07. The summed E-state index contributed by atoms with van der Waals surface area (Å²) in [6.07, 6.45) is 0.976. The second-order valence-electron chi connectivity index (χ2n) is 4.48. The monoisotopic (exact) mass is 362 g/mol. The normalized spacial score (nSPS) is 9.95. The van der Waals surface area contributed by atoms with Gasteiger partial charge in [-0.25, -0.2) is 0 Å². The van der Waals surface area contributed by atoms with Crippen molar-refractivity contribution in [2.45, 2.75) is 12.8 Å². The molecule has 0 atom stereocenters. The molecule has 0 bridgehead atoms. The first-order chi connectivity index (χ1) is 10.1. The van der Waals surface area contributed by atoms with Gasteiger partial charge in [0.05, 0.1) is 22.3 Å². The van der Waals surface area contributed by atoms with Crippen LogP contribution in [0.5, 0.6) is 0 Å². The Hall–Kier alpha value is -1.83. The van der Waals surface area contributed by atoms with Crippen LogP contribution in [-0.2, 0) is 11.2 Å². The lowest BCUT2D eigenvalue weighted by Crippen LogP contribution is -2.12. The van der Waals surface area contributed by atoms with E-state index in [1.165, 1.54) is 0 Å². The summed E-state index contributed by atoms with van der Waals surface area (Å²) in [4.78, 5) is 11.9. The molecular formula is C16H12BrClN2O. The van der Waals surface area contributed by atoms with Gasteiger partial charge in [0.2, 0.25) is 5.91 Å². The largest absolute Gasteiger partial charge is 0.325 e. The Morgan fingerprint density at radius 1 is 1.24 bits per heavy atom. The maximum absolute atomic E-state index is 11.9. The van der Waals surface area contributed by atoms with Crippen molar-refractivity contribution in [2.24, 2.45) is 0 Å². The minimum Gasteiger partial charge on any atom is -0.325 e. The first kappa shape index (κ1) is 15.6. The summed E-state index contributed by atoms with van der Waals surface area (Å²) in [5, 5.41) is 12.0. The number of hydrogen-bond donors (Lipinski definition) is 1. The third-order valence-corrected chi connectivity index (χ3v) is 3.73. The number of rotatable bonds is 4. The lowest BCUT2D eigenvalue weighted by molar-refractivity contribution is -0.116. The van der Waals surface area contributed by atoms with Gasteiger partial charge in [0.15, 0.2) is 0 Å². The SMILES string of the molecule is N#Cc1ccc(CCC(=O)Nc2ccc(Br)cc2Cl)cc1. The summed E-state index contributed by atoms with van der Waals surface area (Å²) < 4.78 is 0.864. The zero-order chi connectivity index (χ0) is 15.2. The molecule has 2 rings (SSSR count). The number of anilines is 1. The molecule has 0 unspecified atom stereocenters. The maximum atomic E-state index is 11.9. The third kappa shape index (κ3) is 4.59. The molecular weight excluding hydrogens is 352 g/mol. The van der Waals surface area contributed by atoms with E-state index in [0.29, 0.717) is 29.1 Å². The van der Waals surface area contributed by atoms with Crippen LogP contribution in [0.1, 0.15) is 17.5 Å². The molecule has 0 aliphatic carbocycles. The molecule has 2 aromatic rings. The predicted octanol–water partition coefficient (Wildman–Crippen LogP) is 4.55. The van der Waals surface area contributed by atoms with E-state index in [9.17, 15) is 4.79 Å². The summed E-state index contributed by atoms with van der Waals surface area (Å²) in [6, 6.07) is 14.6. The van der Waals surface area contributed by atoms with Crippen LogP contribution in [0.4, 0.5) is 5.69 Å². The molecule has 1 amide bonds. The van der Waals surface area contributed by atoms with Crippen LogP contribution in [0, 0.1) is 11.3 Å². The van der Waals surface area contributed by atoms with Gasteiger partial charge in [-0.3, -0.25) is 4.79 Å². The van der Waals surface area contributed by atoms with E-state index in [4.69, 9.17) is 16.9 Å². The summed E-state index contributed by atoms with van der Waals surface area (Å²) in [5.41, 5.74) is 2.24. The zero-order valence-corrected chi connectivity index (χ0v) is 13.4. The summed E-state index contributed by atoms with van der Waals surface area (Å²) >= 11 is 9.36. The van der Waals surface area contributed by atoms with Crippen molar-refractivity contribution in [2.75, 3.05) is 5.32 Å². The highest BCUT2D eigenvalue weighted by Gasteiger charge is 2.06. The van der Waals surface area contributed by atoms with Crippen molar-refractivity contribution >= 4 is 39.1 Å². The van der Waals surface area contributed by atoms with Crippen LogP contribution in [-0.4, -0.2) is 5.91 Å². The molecule has 0 radical (unpaired) electrons. The van der Waals surface area contributed by atoms with Crippen LogP contribution in [0.3, 0.4) is 0 Å². The Morgan fingerprint density at radius 2 is 1.95 bits per heavy atom. The quantitative estimate of drug-likeness (QED) is 0.866. The molecule has 0 spiro atoms. The van der Waals surface area contributed by atoms with Crippen molar-refractivity contribution in [3.63, 3.8) is 0 Å². The second-order valence-corrected chi connectivity index (χ2v) is 5.80. The molecule has 0 saturated carbocycles. The number of halogens is 2. The van der Waals surface area contributed by atoms with E-state index in [-0.39, 0.29) is 5.91 Å². The van der Waals surface area contributed by atoms with Gasteiger partial charge >= 0.3 is 0 Å². The number of nitrogens with zero attached hydrogens (tertiary/aromatic N) is 1. The molecule has 21 heavy (non-hydrogen) atoms. The fraction of sp³-hybridized carbons (Fsp3) is 0.125. The molecule has 0 fully saturated rings. The summed E-state index contributed by atoms with van der Waals surface area (Å²) in [7, 11) is 0. The number of hydrogen-bond acceptors (Lipinski definition) is 2. The lowest BCUT2D eigenvalue weighted by atomic mass is 10.1. The average Bonchev–Trinajstić information content (AvgIpc) is 2.48. The number of benzene rings is 2. The van der Waals surface area contributed by atoms with E-state index >= 15 is 0 Å². The Labute approximate surface area is 136 Å². The Balaban J connectivity index is 1.91. The third-order valence-electron chi connectivity index (χ3n) is 2.93. The highest BCUT2D eigenvalue weighted by molar-refractivity contribution is 9.10. The predicted molar refractivity (Wildman–Crippen MR) is 87.3 cm³/mol. The van der Waals surface area contributed by atoms with Crippen LogP contribution in [0.15, 0.2) is 46.9 Å². The molecule has 0 aromatic heterocycles. The number of nitriles is 1. The van der Waals surface area contributed by atoms with E-state index in [2.05, 4.69) is 27.3 Å². The number of carbonyl (C=O) groups is 1. The molecule has 3 nitrogen and oxygen atoms in total. The van der Waals surface area contributed by atoms with Gasteiger partial charge in [0, 0.05) is 10.9 Å². The van der Waals surface area contributed by atoms with Gasteiger partial charge in [0.25, 0.3) is 0 Å². The topological polar surface area (TPSA) is 52.9 Å². The highest BCUT2D eigenvalue weighted by atomic mass is 79.9. The van der Waals surface area contributed by atoms with Gasteiger partial charge in [-0.2, -0.15) is 5.26 Å². The van der Waals surface area contributed by atoms with E-state index in [1.54, 1.807) is 24.3 Å². The van der Waals surface area contributed by atoms with Crippen LogP contribution >= 0.6 is 27.5 Å². The van der Waals surface area contributed by atoms with Crippen molar-refractivity contribution in [1.29, 1.82) is 5.26 Å². The molecule has 0 saturated heterocycles. The van der Waals surface area contributed by atoms with Crippen molar-refractivity contribution in [3.8, 4) is 6.07 Å². The van der Waals surface area contributed by atoms with Crippen LogP contribution in [0.2, 0.25) is 5.02 Å². The maximum Gasteiger partial charge on any atom is 0.224 e. The van der Waals surface area contributed by atoms with Crippen LogP contribution in [0.25, 0.3) is 0 Å². The van der Waals surface area contributed by atoms with Crippen molar-refractivity contribution < 1.29 is 4.79 Å². The first-order valence-corrected chi connectivity index (χ1v) is 7.49. The minimum atomic E-state index is -0.0939. The number of carbonyl (C=O) groups excluding carboxylic acids is 1. The average molecular weight is 364 g/mol. The molecule has 2 aromatic carbocycles.